The van der Waals surface area contributed by atoms with E-state index in [0.29, 0.717) is 42.9 Å². The maximum atomic E-state index is 13.0. The molecule has 128 valence electrons. The minimum Gasteiger partial charge on any atom is -0.337 e. The molecule has 0 atom stereocenters. The van der Waals surface area contributed by atoms with Gasteiger partial charge in [0.1, 0.15) is 21.3 Å². The van der Waals surface area contributed by atoms with Crippen LogP contribution in [0.2, 0.25) is 0 Å². The maximum Gasteiger partial charge on any atom is 0.271 e. The third kappa shape index (κ3) is 3.48. The quantitative estimate of drug-likeness (QED) is 0.915. The van der Waals surface area contributed by atoms with Gasteiger partial charge in [-0.05, 0) is 43.2 Å². The lowest BCUT2D eigenvalue weighted by Gasteiger charge is -2.30. The molecule has 0 bridgehead atoms. The zero-order valence-electron chi connectivity index (χ0n) is 13.2. The summed E-state index contributed by atoms with van der Waals surface area (Å²) in [6.45, 7) is 0.808. The van der Waals surface area contributed by atoms with Crippen LogP contribution in [0.1, 0.15) is 23.3 Å². The van der Waals surface area contributed by atoms with E-state index in [1.54, 1.807) is 23.1 Å². The number of piperidine rings is 1. The van der Waals surface area contributed by atoms with E-state index in [4.69, 9.17) is 0 Å². The maximum absolute atomic E-state index is 13.0. The van der Waals surface area contributed by atoms with E-state index in [0.717, 1.165) is 0 Å². The molecule has 0 spiro atoms. The van der Waals surface area contributed by atoms with Gasteiger partial charge in [-0.2, -0.15) is 5.10 Å². The number of hydrogen-bond donors (Lipinski definition) is 1. The number of carbonyl (C=O) groups is 1. The molecular formula is C16H18FN3O3S. The van der Waals surface area contributed by atoms with Gasteiger partial charge in [0.15, 0.2) is 0 Å². The van der Waals surface area contributed by atoms with Crippen molar-refractivity contribution in [2.75, 3.05) is 19.3 Å². The second kappa shape index (κ2) is 6.35. The molecule has 0 radical (unpaired) electrons. The van der Waals surface area contributed by atoms with Crippen molar-refractivity contribution < 1.29 is 17.6 Å². The van der Waals surface area contributed by atoms with Gasteiger partial charge in [-0.3, -0.25) is 9.89 Å². The Balaban J connectivity index is 1.70. The lowest BCUT2D eigenvalue weighted by atomic mass is 10.1. The fourth-order valence-electron chi connectivity index (χ4n) is 2.86. The summed E-state index contributed by atoms with van der Waals surface area (Å²) in [4.78, 5) is 14.1. The van der Waals surface area contributed by atoms with Crippen LogP contribution in [0.25, 0.3) is 11.3 Å². The van der Waals surface area contributed by atoms with Crippen molar-refractivity contribution >= 4 is 15.7 Å². The first kappa shape index (κ1) is 16.6. The van der Waals surface area contributed by atoms with Crippen LogP contribution in [0, 0.1) is 5.82 Å². The normalized spacial score (nSPS) is 16.3. The highest BCUT2D eigenvalue weighted by molar-refractivity contribution is 7.91. The lowest BCUT2D eigenvalue weighted by Crippen LogP contribution is -2.42. The van der Waals surface area contributed by atoms with Gasteiger partial charge in [0.05, 0.1) is 10.9 Å². The van der Waals surface area contributed by atoms with Crippen molar-refractivity contribution in [2.45, 2.75) is 18.1 Å². The Morgan fingerprint density at radius 2 is 1.88 bits per heavy atom. The van der Waals surface area contributed by atoms with Crippen molar-refractivity contribution in [3.05, 3.63) is 41.8 Å². The van der Waals surface area contributed by atoms with Gasteiger partial charge in [0.2, 0.25) is 0 Å². The molecule has 0 saturated carbocycles. The third-order valence-electron chi connectivity index (χ3n) is 4.28. The molecule has 6 nitrogen and oxygen atoms in total. The number of benzene rings is 1. The zero-order valence-corrected chi connectivity index (χ0v) is 14.0. The van der Waals surface area contributed by atoms with E-state index in [9.17, 15) is 17.6 Å². The number of nitrogens with zero attached hydrogens (tertiary/aromatic N) is 2. The Morgan fingerprint density at radius 3 is 2.46 bits per heavy atom. The van der Waals surface area contributed by atoms with Gasteiger partial charge in [0.25, 0.3) is 5.91 Å². The van der Waals surface area contributed by atoms with E-state index in [1.807, 2.05) is 0 Å². The van der Waals surface area contributed by atoms with Crippen LogP contribution in [0.5, 0.6) is 0 Å². The summed E-state index contributed by atoms with van der Waals surface area (Å²) < 4.78 is 36.1. The number of sulfone groups is 1. The Kier molecular flexibility index (Phi) is 4.40. The molecule has 1 amide bonds. The smallest absolute Gasteiger partial charge is 0.271 e. The largest absolute Gasteiger partial charge is 0.337 e. The van der Waals surface area contributed by atoms with Gasteiger partial charge >= 0.3 is 0 Å². The Bertz CT molecular complexity index is 838. The highest BCUT2D eigenvalue weighted by Crippen LogP contribution is 2.21. The fraction of sp³-hybridized carbons (Fsp3) is 0.375. The van der Waals surface area contributed by atoms with Crippen LogP contribution in [-0.4, -0.2) is 54.0 Å². The number of aromatic nitrogens is 2. The second-order valence-corrected chi connectivity index (χ2v) is 8.32. The molecule has 8 heteroatoms. The van der Waals surface area contributed by atoms with E-state index < -0.39 is 9.84 Å². The molecule has 0 unspecified atom stereocenters. The van der Waals surface area contributed by atoms with E-state index >= 15 is 0 Å². The van der Waals surface area contributed by atoms with Gasteiger partial charge in [0, 0.05) is 24.9 Å². The number of amides is 1. The number of likely N-dealkylation sites (tertiary alicyclic amines) is 1. The standard InChI is InChI=1S/C16H18FN3O3S/c1-24(22,23)13-6-8-20(9-7-13)16(21)15-10-14(18-19-15)11-2-4-12(17)5-3-11/h2-5,10,13H,6-9H2,1H3,(H,18,19). The van der Waals surface area contributed by atoms with Gasteiger partial charge < -0.3 is 4.90 Å². The summed E-state index contributed by atoms with van der Waals surface area (Å²) in [5.74, 6) is -0.540. The lowest BCUT2D eigenvalue weighted by molar-refractivity contribution is 0.0719. The van der Waals surface area contributed by atoms with Gasteiger partial charge in [-0.25, -0.2) is 12.8 Å². The van der Waals surface area contributed by atoms with Crippen LogP contribution in [0.4, 0.5) is 4.39 Å². The third-order valence-corrected chi connectivity index (χ3v) is 5.97. The van der Waals surface area contributed by atoms with Crippen LogP contribution in [0.15, 0.2) is 30.3 Å². The number of hydrogen-bond acceptors (Lipinski definition) is 4. The number of aromatic amines is 1. The molecule has 1 aromatic carbocycles. The molecule has 1 aromatic heterocycles. The predicted octanol–water partition coefficient (Wildman–Crippen LogP) is 1.86. The van der Waals surface area contributed by atoms with Gasteiger partial charge in [-0.15, -0.1) is 0 Å². The summed E-state index contributed by atoms with van der Waals surface area (Å²) in [6.07, 6.45) is 2.13. The minimum absolute atomic E-state index is 0.206. The summed E-state index contributed by atoms with van der Waals surface area (Å²) in [6, 6.07) is 7.48. The molecular weight excluding hydrogens is 333 g/mol. The molecule has 1 N–H and O–H groups in total. The number of carbonyl (C=O) groups excluding carboxylic acids is 1. The van der Waals surface area contributed by atoms with E-state index in [1.165, 1.54) is 18.4 Å². The van der Waals surface area contributed by atoms with Crippen LogP contribution in [-0.2, 0) is 9.84 Å². The van der Waals surface area contributed by atoms with Crippen LogP contribution < -0.4 is 0 Å². The first-order valence-electron chi connectivity index (χ1n) is 7.64. The summed E-state index contributed by atoms with van der Waals surface area (Å²) in [5.41, 5.74) is 1.61. The molecule has 1 aliphatic rings. The second-order valence-electron chi connectivity index (χ2n) is 5.99. The SMILES string of the molecule is CS(=O)(=O)C1CCN(C(=O)c2cc(-c3ccc(F)cc3)n[nH]2)CC1. The fourth-order valence-corrected chi connectivity index (χ4v) is 3.92. The zero-order chi connectivity index (χ0) is 17.3. The summed E-state index contributed by atoms with van der Waals surface area (Å²) in [7, 11) is -3.06. The Hall–Kier alpha value is -2.22. The molecule has 2 aromatic rings. The monoisotopic (exact) mass is 351 g/mol. The van der Waals surface area contributed by atoms with Crippen molar-refractivity contribution in [1.82, 2.24) is 15.1 Å². The molecule has 1 aliphatic heterocycles. The van der Waals surface area contributed by atoms with Crippen molar-refractivity contribution in [3.63, 3.8) is 0 Å². The van der Waals surface area contributed by atoms with Crippen molar-refractivity contribution in [3.8, 4) is 11.3 Å². The molecule has 0 aliphatic carbocycles. The highest BCUT2D eigenvalue weighted by Gasteiger charge is 2.29. The molecule has 1 fully saturated rings. The van der Waals surface area contributed by atoms with Crippen LogP contribution >= 0.6 is 0 Å². The highest BCUT2D eigenvalue weighted by atomic mass is 32.2. The minimum atomic E-state index is -3.06. The summed E-state index contributed by atoms with van der Waals surface area (Å²) in [5, 5.41) is 6.42. The van der Waals surface area contributed by atoms with Crippen molar-refractivity contribution in [1.29, 1.82) is 0 Å². The Labute approximate surface area is 139 Å². The molecule has 3 rings (SSSR count). The number of nitrogens with one attached hydrogen (secondary N) is 1. The molecule has 1 saturated heterocycles. The van der Waals surface area contributed by atoms with Gasteiger partial charge in [-0.1, -0.05) is 0 Å². The average molecular weight is 351 g/mol. The average Bonchev–Trinajstić information content (AvgIpc) is 3.04. The predicted molar refractivity (Wildman–Crippen MR) is 87.8 cm³/mol. The molecule has 2 heterocycles. The first-order valence-corrected chi connectivity index (χ1v) is 9.59. The number of H-pyrrole nitrogens is 1. The summed E-state index contributed by atoms with van der Waals surface area (Å²) >= 11 is 0. The Morgan fingerprint density at radius 1 is 1.25 bits per heavy atom. The molecule has 24 heavy (non-hydrogen) atoms. The van der Waals surface area contributed by atoms with Crippen molar-refractivity contribution in [2.24, 2.45) is 0 Å². The van der Waals surface area contributed by atoms with E-state index in [2.05, 4.69) is 10.2 Å². The number of halogens is 1. The van der Waals surface area contributed by atoms with Crippen LogP contribution in [0.3, 0.4) is 0 Å². The van der Waals surface area contributed by atoms with E-state index in [-0.39, 0.29) is 17.0 Å². The first-order chi connectivity index (χ1) is 11.3. The number of rotatable bonds is 3. The topological polar surface area (TPSA) is 83.1 Å².